The first-order chi connectivity index (χ1) is 12.9. The van der Waals surface area contributed by atoms with Gasteiger partial charge < -0.3 is 14.8 Å². The third-order valence-electron chi connectivity index (χ3n) is 3.49. The number of anilines is 1. The number of carbonyl (C=O) groups excluding carboxylic acids is 2. The van der Waals surface area contributed by atoms with Gasteiger partial charge in [-0.1, -0.05) is 18.2 Å². The molecule has 0 heterocycles. The summed E-state index contributed by atoms with van der Waals surface area (Å²) in [4.78, 5) is 24.3. The van der Waals surface area contributed by atoms with Crippen LogP contribution in [0.4, 0.5) is 10.1 Å². The Bertz CT molecular complexity index is 918. The molecule has 27 heavy (non-hydrogen) atoms. The zero-order chi connectivity index (χ0) is 19.8. The standard InChI is InChI=1S/C20H17FN2O4/c1-13(19(24)23-17-7-4-6-16(21)11-17)27-20(25)15(12-22)9-14-5-3-8-18(10-14)26-2/h3-11,13H,1-2H3,(H,23,24)/b15-9+/t13-/m0/s1. The molecule has 6 nitrogen and oxygen atoms in total. The number of ether oxygens (including phenoxy) is 2. The van der Waals surface area contributed by atoms with Gasteiger partial charge in [0.2, 0.25) is 0 Å². The van der Waals surface area contributed by atoms with Crippen LogP contribution in [0.25, 0.3) is 6.08 Å². The lowest BCUT2D eigenvalue weighted by atomic mass is 10.1. The van der Waals surface area contributed by atoms with Crippen molar-refractivity contribution < 1.29 is 23.5 Å². The van der Waals surface area contributed by atoms with Crippen LogP contribution in [0.1, 0.15) is 12.5 Å². The van der Waals surface area contributed by atoms with E-state index in [4.69, 9.17) is 9.47 Å². The Kier molecular flexibility index (Phi) is 6.67. The van der Waals surface area contributed by atoms with Crippen molar-refractivity contribution in [3.05, 3.63) is 65.5 Å². The summed E-state index contributed by atoms with van der Waals surface area (Å²) in [6, 6.07) is 13.8. The van der Waals surface area contributed by atoms with Gasteiger partial charge in [0.15, 0.2) is 6.10 Å². The van der Waals surface area contributed by atoms with Crippen molar-refractivity contribution in [3.8, 4) is 11.8 Å². The van der Waals surface area contributed by atoms with Gasteiger partial charge in [0.1, 0.15) is 23.2 Å². The fourth-order valence-corrected chi connectivity index (χ4v) is 2.12. The molecule has 1 atom stereocenters. The predicted molar refractivity (Wildman–Crippen MR) is 97.2 cm³/mol. The number of amides is 1. The number of hydrogen-bond donors (Lipinski definition) is 1. The maximum atomic E-state index is 13.2. The molecule has 0 aliphatic heterocycles. The average Bonchev–Trinajstić information content (AvgIpc) is 2.66. The van der Waals surface area contributed by atoms with Gasteiger partial charge in [0.05, 0.1) is 7.11 Å². The first-order valence-corrected chi connectivity index (χ1v) is 7.96. The molecule has 1 amide bonds. The van der Waals surface area contributed by atoms with Gasteiger partial charge in [0, 0.05) is 5.69 Å². The summed E-state index contributed by atoms with van der Waals surface area (Å²) in [5.74, 6) is -1.53. The number of methoxy groups -OCH3 is 1. The number of nitrogens with zero attached hydrogens (tertiary/aromatic N) is 1. The minimum Gasteiger partial charge on any atom is -0.497 e. The fraction of sp³-hybridized carbons (Fsp3) is 0.150. The molecule has 2 aromatic rings. The Labute approximate surface area is 155 Å². The molecule has 0 fully saturated rings. The predicted octanol–water partition coefficient (Wildman–Crippen LogP) is 3.31. The molecule has 0 aliphatic carbocycles. The highest BCUT2D eigenvalue weighted by Gasteiger charge is 2.21. The normalized spacial score (nSPS) is 11.9. The van der Waals surface area contributed by atoms with E-state index in [9.17, 15) is 19.2 Å². The van der Waals surface area contributed by atoms with Gasteiger partial charge >= 0.3 is 5.97 Å². The number of hydrogen-bond acceptors (Lipinski definition) is 5. The molecule has 0 bridgehead atoms. The number of rotatable bonds is 6. The van der Waals surface area contributed by atoms with E-state index in [0.717, 1.165) is 6.07 Å². The van der Waals surface area contributed by atoms with Crippen LogP contribution in [-0.4, -0.2) is 25.1 Å². The van der Waals surface area contributed by atoms with Crippen LogP contribution in [0.3, 0.4) is 0 Å². The molecule has 138 valence electrons. The minimum absolute atomic E-state index is 0.232. The SMILES string of the molecule is COc1cccc(/C=C(\C#N)C(=O)O[C@@H](C)C(=O)Nc2cccc(F)c2)c1. The molecule has 1 N–H and O–H groups in total. The molecule has 0 spiro atoms. The number of halogens is 1. The molecule has 7 heteroatoms. The van der Waals surface area contributed by atoms with Crippen LogP contribution < -0.4 is 10.1 Å². The van der Waals surface area contributed by atoms with Crippen LogP contribution in [-0.2, 0) is 14.3 Å². The lowest BCUT2D eigenvalue weighted by molar-refractivity contribution is -0.148. The molecule has 0 unspecified atom stereocenters. The van der Waals surface area contributed by atoms with Crippen LogP contribution in [0.15, 0.2) is 54.1 Å². The number of nitriles is 1. The van der Waals surface area contributed by atoms with E-state index in [0.29, 0.717) is 11.3 Å². The summed E-state index contributed by atoms with van der Waals surface area (Å²) in [5, 5.41) is 11.6. The van der Waals surface area contributed by atoms with E-state index < -0.39 is 23.8 Å². The molecule has 0 radical (unpaired) electrons. The summed E-state index contributed by atoms with van der Waals surface area (Å²) < 4.78 is 23.3. The van der Waals surface area contributed by atoms with Crippen LogP contribution in [0.2, 0.25) is 0 Å². The highest BCUT2D eigenvalue weighted by atomic mass is 19.1. The summed E-state index contributed by atoms with van der Waals surface area (Å²) >= 11 is 0. The summed E-state index contributed by atoms with van der Waals surface area (Å²) in [6.45, 7) is 1.35. The third-order valence-corrected chi connectivity index (χ3v) is 3.49. The second kappa shape index (κ2) is 9.15. The molecule has 0 saturated heterocycles. The van der Waals surface area contributed by atoms with Gasteiger partial charge in [-0.3, -0.25) is 4.79 Å². The largest absolute Gasteiger partial charge is 0.497 e. The van der Waals surface area contributed by atoms with Gasteiger partial charge in [-0.2, -0.15) is 5.26 Å². The third kappa shape index (κ3) is 5.68. The van der Waals surface area contributed by atoms with Crippen molar-refractivity contribution in [3.63, 3.8) is 0 Å². The Balaban J connectivity index is 2.05. The smallest absolute Gasteiger partial charge is 0.349 e. The summed E-state index contributed by atoms with van der Waals surface area (Å²) in [7, 11) is 1.50. The van der Waals surface area contributed by atoms with E-state index in [1.807, 2.05) is 0 Å². The maximum absolute atomic E-state index is 13.2. The van der Waals surface area contributed by atoms with E-state index in [-0.39, 0.29) is 11.3 Å². The molecule has 2 aromatic carbocycles. The zero-order valence-corrected chi connectivity index (χ0v) is 14.7. The topological polar surface area (TPSA) is 88.4 Å². The van der Waals surface area contributed by atoms with E-state index in [1.54, 1.807) is 30.3 Å². The number of carbonyl (C=O) groups is 2. The Morgan fingerprint density at radius 3 is 2.63 bits per heavy atom. The first-order valence-electron chi connectivity index (χ1n) is 7.96. The van der Waals surface area contributed by atoms with Crippen LogP contribution in [0, 0.1) is 17.1 Å². The second-order valence-corrected chi connectivity index (χ2v) is 5.49. The molecule has 0 aliphatic rings. The van der Waals surface area contributed by atoms with Crippen molar-refractivity contribution >= 4 is 23.6 Å². The molecular weight excluding hydrogens is 351 g/mol. The van der Waals surface area contributed by atoms with Gasteiger partial charge in [-0.25, -0.2) is 9.18 Å². The molecular formula is C20H17FN2O4. The highest BCUT2D eigenvalue weighted by molar-refractivity contribution is 6.01. The number of esters is 1. The van der Waals surface area contributed by atoms with Gasteiger partial charge in [-0.15, -0.1) is 0 Å². The maximum Gasteiger partial charge on any atom is 0.349 e. The van der Waals surface area contributed by atoms with Crippen molar-refractivity contribution in [2.24, 2.45) is 0 Å². The minimum atomic E-state index is -1.18. The Morgan fingerprint density at radius 1 is 1.22 bits per heavy atom. The van der Waals surface area contributed by atoms with E-state index >= 15 is 0 Å². The Hall–Kier alpha value is -3.66. The Morgan fingerprint density at radius 2 is 1.96 bits per heavy atom. The van der Waals surface area contributed by atoms with Crippen LogP contribution in [0.5, 0.6) is 5.75 Å². The van der Waals surface area contributed by atoms with E-state index in [2.05, 4.69) is 5.32 Å². The highest BCUT2D eigenvalue weighted by Crippen LogP contribution is 2.16. The lowest BCUT2D eigenvalue weighted by Crippen LogP contribution is -2.30. The molecule has 0 saturated carbocycles. The average molecular weight is 368 g/mol. The van der Waals surface area contributed by atoms with Gasteiger partial charge in [0.25, 0.3) is 5.91 Å². The van der Waals surface area contributed by atoms with Crippen molar-refractivity contribution in [1.29, 1.82) is 5.26 Å². The van der Waals surface area contributed by atoms with Crippen molar-refractivity contribution in [1.82, 2.24) is 0 Å². The van der Waals surface area contributed by atoms with Crippen LogP contribution >= 0.6 is 0 Å². The van der Waals surface area contributed by atoms with Crippen molar-refractivity contribution in [2.45, 2.75) is 13.0 Å². The van der Waals surface area contributed by atoms with E-state index in [1.165, 1.54) is 38.3 Å². The monoisotopic (exact) mass is 368 g/mol. The summed E-state index contributed by atoms with van der Waals surface area (Å²) in [5.41, 5.74) is 0.531. The van der Waals surface area contributed by atoms with Crippen molar-refractivity contribution in [2.75, 3.05) is 12.4 Å². The van der Waals surface area contributed by atoms with Gasteiger partial charge in [-0.05, 0) is 48.9 Å². The number of benzene rings is 2. The lowest BCUT2D eigenvalue weighted by Gasteiger charge is -2.13. The quantitative estimate of drug-likeness (QED) is 0.480. The molecule has 2 rings (SSSR count). The second-order valence-electron chi connectivity index (χ2n) is 5.49. The number of nitrogens with one attached hydrogen (secondary N) is 1. The zero-order valence-electron chi connectivity index (χ0n) is 14.7. The molecule has 0 aromatic heterocycles. The first kappa shape index (κ1) is 19.7. The fourth-order valence-electron chi connectivity index (χ4n) is 2.12. The summed E-state index contributed by atoms with van der Waals surface area (Å²) in [6.07, 6.45) is 0.157.